The number of amides is 1. The van der Waals surface area contributed by atoms with E-state index in [0.717, 1.165) is 24.2 Å². The Hall–Kier alpha value is -2.51. The van der Waals surface area contributed by atoms with E-state index in [1.54, 1.807) is 6.07 Å². The third-order valence-electron chi connectivity index (χ3n) is 5.30. The van der Waals surface area contributed by atoms with Gasteiger partial charge in [-0.15, -0.1) is 0 Å². The zero-order valence-corrected chi connectivity index (χ0v) is 16.7. The number of rotatable bonds is 6. The van der Waals surface area contributed by atoms with Crippen LogP contribution in [0.5, 0.6) is 5.88 Å². The van der Waals surface area contributed by atoms with Crippen LogP contribution >= 0.6 is 0 Å². The standard InChI is InChI=1S/C21H26F3N3O2/c1-14-10-18(15(2)27(14)17-6-4-3-5-7-17)20(28)26-12-16-8-9-25-19(11-16)29-13-21(22,23)24/h8-11,17H,3-7,12-13H2,1-2H3,(H,26,28). The highest BCUT2D eigenvalue weighted by molar-refractivity contribution is 5.95. The number of aromatic nitrogens is 2. The number of nitrogens with zero attached hydrogens (tertiary/aromatic N) is 2. The van der Waals surface area contributed by atoms with Crippen molar-refractivity contribution in [2.45, 2.75) is 64.7 Å². The highest BCUT2D eigenvalue weighted by Crippen LogP contribution is 2.32. The van der Waals surface area contributed by atoms with E-state index < -0.39 is 12.8 Å². The monoisotopic (exact) mass is 409 g/mol. The molecule has 29 heavy (non-hydrogen) atoms. The van der Waals surface area contributed by atoms with E-state index in [9.17, 15) is 18.0 Å². The normalized spacial score (nSPS) is 15.3. The second-order valence-electron chi connectivity index (χ2n) is 7.54. The Bertz CT molecular complexity index is 855. The Labute approximate surface area is 168 Å². The molecule has 1 aliphatic carbocycles. The first-order valence-electron chi connectivity index (χ1n) is 9.85. The Morgan fingerprint density at radius 2 is 1.97 bits per heavy atom. The Kier molecular flexibility index (Phi) is 6.49. The summed E-state index contributed by atoms with van der Waals surface area (Å²) in [6.45, 7) is 2.76. The lowest BCUT2D eigenvalue weighted by molar-refractivity contribution is -0.154. The summed E-state index contributed by atoms with van der Waals surface area (Å²) in [5.74, 6) is -0.320. The van der Waals surface area contributed by atoms with Crippen molar-refractivity contribution in [3.05, 3.63) is 46.9 Å². The van der Waals surface area contributed by atoms with Gasteiger partial charge in [-0.2, -0.15) is 13.2 Å². The minimum absolute atomic E-state index is 0.121. The number of carbonyl (C=O) groups excluding carboxylic acids is 1. The van der Waals surface area contributed by atoms with Crippen molar-refractivity contribution in [2.24, 2.45) is 0 Å². The summed E-state index contributed by atoms with van der Waals surface area (Å²) >= 11 is 0. The van der Waals surface area contributed by atoms with Gasteiger partial charge in [0.25, 0.3) is 5.91 Å². The molecular weight excluding hydrogens is 383 g/mol. The molecule has 0 atom stereocenters. The van der Waals surface area contributed by atoms with Crippen LogP contribution in [0.15, 0.2) is 24.4 Å². The van der Waals surface area contributed by atoms with Crippen molar-refractivity contribution in [2.75, 3.05) is 6.61 Å². The van der Waals surface area contributed by atoms with Crippen LogP contribution in [0.3, 0.4) is 0 Å². The number of alkyl halides is 3. The third-order valence-corrected chi connectivity index (χ3v) is 5.30. The van der Waals surface area contributed by atoms with Crippen molar-refractivity contribution in [3.8, 4) is 5.88 Å². The Morgan fingerprint density at radius 1 is 1.24 bits per heavy atom. The van der Waals surface area contributed by atoms with Gasteiger partial charge in [0.05, 0.1) is 5.56 Å². The van der Waals surface area contributed by atoms with Gasteiger partial charge >= 0.3 is 6.18 Å². The summed E-state index contributed by atoms with van der Waals surface area (Å²) < 4.78 is 43.8. The fraction of sp³-hybridized carbons (Fsp3) is 0.524. The molecule has 0 spiro atoms. The molecule has 0 radical (unpaired) electrons. The van der Waals surface area contributed by atoms with E-state index >= 15 is 0 Å². The minimum atomic E-state index is -4.42. The van der Waals surface area contributed by atoms with Crippen molar-refractivity contribution in [3.63, 3.8) is 0 Å². The average molecular weight is 409 g/mol. The first-order chi connectivity index (χ1) is 13.7. The predicted molar refractivity (Wildman–Crippen MR) is 103 cm³/mol. The van der Waals surface area contributed by atoms with Gasteiger partial charge in [-0.3, -0.25) is 4.79 Å². The molecule has 2 heterocycles. The van der Waals surface area contributed by atoms with Crippen LogP contribution < -0.4 is 10.1 Å². The fourth-order valence-corrected chi connectivity index (χ4v) is 3.98. The molecule has 5 nitrogen and oxygen atoms in total. The smallest absolute Gasteiger partial charge is 0.422 e. The molecule has 8 heteroatoms. The second-order valence-corrected chi connectivity index (χ2v) is 7.54. The number of aryl methyl sites for hydroxylation is 1. The average Bonchev–Trinajstić information content (AvgIpc) is 2.99. The summed E-state index contributed by atoms with van der Waals surface area (Å²) in [5, 5.41) is 2.84. The number of hydrogen-bond acceptors (Lipinski definition) is 3. The molecule has 0 saturated heterocycles. The van der Waals surface area contributed by atoms with Crippen molar-refractivity contribution >= 4 is 5.91 Å². The highest BCUT2D eigenvalue weighted by Gasteiger charge is 2.28. The number of halogens is 3. The van der Waals surface area contributed by atoms with Gasteiger partial charge in [0.1, 0.15) is 0 Å². The SMILES string of the molecule is Cc1cc(C(=O)NCc2ccnc(OCC(F)(F)F)c2)c(C)n1C1CCCCC1. The lowest BCUT2D eigenvalue weighted by Crippen LogP contribution is -2.24. The molecule has 158 valence electrons. The molecule has 2 aromatic rings. The quantitative estimate of drug-likeness (QED) is 0.740. The lowest BCUT2D eigenvalue weighted by atomic mass is 9.95. The molecule has 1 amide bonds. The minimum Gasteiger partial charge on any atom is -0.468 e. The fourth-order valence-electron chi connectivity index (χ4n) is 3.98. The molecule has 1 fully saturated rings. The van der Waals surface area contributed by atoms with Crippen LogP contribution in [0.4, 0.5) is 13.2 Å². The van der Waals surface area contributed by atoms with Gasteiger partial charge in [-0.25, -0.2) is 4.98 Å². The van der Waals surface area contributed by atoms with E-state index in [1.807, 2.05) is 19.9 Å². The van der Waals surface area contributed by atoms with Crippen molar-refractivity contribution < 1.29 is 22.7 Å². The number of carbonyl (C=O) groups is 1. The van der Waals surface area contributed by atoms with E-state index in [0.29, 0.717) is 17.2 Å². The molecule has 0 aliphatic heterocycles. The molecule has 2 aromatic heterocycles. The Balaban J connectivity index is 1.64. The Morgan fingerprint density at radius 3 is 2.66 bits per heavy atom. The van der Waals surface area contributed by atoms with Crippen LogP contribution in [0.1, 0.15) is 65.5 Å². The third kappa shape index (κ3) is 5.52. The molecule has 1 aliphatic rings. The molecule has 0 unspecified atom stereocenters. The van der Waals surface area contributed by atoms with Crippen molar-refractivity contribution in [1.29, 1.82) is 0 Å². The molecule has 1 saturated carbocycles. The van der Waals surface area contributed by atoms with E-state index in [4.69, 9.17) is 0 Å². The molecule has 3 rings (SSSR count). The first-order valence-corrected chi connectivity index (χ1v) is 9.85. The van der Waals surface area contributed by atoms with Crippen LogP contribution in [-0.2, 0) is 6.54 Å². The number of hydrogen-bond donors (Lipinski definition) is 1. The maximum absolute atomic E-state index is 12.7. The summed E-state index contributed by atoms with van der Waals surface area (Å²) in [6, 6.07) is 5.38. The van der Waals surface area contributed by atoms with Crippen LogP contribution in [0.25, 0.3) is 0 Å². The van der Waals surface area contributed by atoms with E-state index in [-0.39, 0.29) is 18.3 Å². The molecule has 0 bridgehead atoms. The first kappa shape index (κ1) is 21.2. The zero-order chi connectivity index (χ0) is 21.0. The summed E-state index contributed by atoms with van der Waals surface area (Å²) in [5.41, 5.74) is 3.28. The maximum Gasteiger partial charge on any atom is 0.422 e. The van der Waals surface area contributed by atoms with Crippen LogP contribution in [0.2, 0.25) is 0 Å². The number of ether oxygens (including phenoxy) is 1. The van der Waals surface area contributed by atoms with Gasteiger partial charge in [-0.1, -0.05) is 19.3 Å². The summed E-state index contributed by atoms with van der Waals surface area (Å²) in [4.78, 5) is 16.5. The lowest BCUT2D eigenvalue weighted by Gasteiger charge is -2.26. The topological polar surface area (TPSA) is 56.1 Å². The van der Waals surface area contributed by atoms with Crippen LogP contribution in [0, 0.1) is 13.8 Å². The van der Waals surface area contributed by atoms with Gasteiger partial charge in [0, 0.05) is 36.2 Å². The van der Waals surface area contributed by atoms with Crippen LogP contribution in [-0.4, -0.2) is 28.2 Å². The van der Waals surface area contributed by atoms with Gasteiger partial charge in [0.15, 0.2) is 6.61 Å². The maximum atomic E-state index is 12.7. The number of pyridine rings is 1. The highest BCUT2D eigenvalue weighted by atomic mass is 19.4. The zero-order valence-electron chi connectivity index (χ0n) is 16.7. The van der Waals surface area contributed by atoms with E-state index in [1.165, 1.54) is 31.5 Å². The summed E-state index contributed by atoms with van der Waals surface area (Å²) in [6.07, 6.45) is 2.90. The second kappa shape index (κ2) is 8.88. The van der Waals surface area contributed by atoms with E-state index in [2.05, 4.69) is 19.6 Å². The van der Waals surface area contributed by atoms with Gasteiger partial charge < -0.3 is 14.6 Å². The molecular formula is C21H26F3N3O2. The van der Waals surface area contributed by atoms with Gasteiger partial charge in [0.2, 0.25) is 5.88 Å². The molecule has 0 aromatic carbocycles. The molecule has 1 N–H and O–H groups in total. The number of nitrogens with one attached hydrogen (secondary N) is 1. The van der Waals surface area contributed by atoms with Crippen molar-refractivity contribution in [1.82, 2.24) is 14.9 Å². The predicted octanol–water partition coefficient (Wildman–Crippen LogP) is 4.88. The summed E-state index contributed by atoms with van der Waals surface area (Å²) in [7, 11) is 0. The van der Waals surface area contributed by atoms with Gasteiger partial charge in [-0.05, 0) is 44.4 Å². The largest absolute Gasteiger partial charge is 0.468 e.